The van der Waals surface area contributed by atoms with Gasteiger partial charge in [-0.05, 0) is 88.8 Å². The van der Waals surface area contributed by atoms with E-state index in [4.69, 9.17) is 27.9 Å². The topological polar surface area (TPSA) is 63.7 Å². The molecule has 0 heterocycles. The van der Waals surface area contributed by atoms with Gasteiger partial charge in [0.05, 0.1) is 0 Å². The molecule has 0 rings (SSSR count). The summed E-state index contributed by atoms with van der Waals surface area (Å²) < 4.78 is 5.77. The van der Waals surface area contributed by atoms with Crippen LogP contribution in [0.3, 0.4) is 0 Å². The zero-order valence-electron chi connectivity index (χ0n) is 18.9. The van der Waals surface area contributed by atoms with Gasteiger partial charge in [-0.15, -0.1) is 0 Å². The van der Waals surface area contributed by atoms with Gasteiger partial charge in [0, 0.05) is 19.3 Å². The molecule has 7 heteroatoms. The summed E-state index contributed by atoms with van der Waals surface area (Å²) in [5.74, 6) is -0.0944. The van der Waals surface area contributed by atoms with Crippen LogP contribution in [-0.4, -0.2) is 48.1 Å². The van der Waals surface area contributed by atoms with Crippen LogP contribution < -0.4 is 0 Å². The van der Waals surface area contributed by atoms with E-state index >= 15 is 0 Å². The summed E-state index contributed by atoms with van der Waals surface area (Å²) in [6.07, 6.45) is 14.1. The summed E-state index contributed by atoms with van der Waals surface area (Å²) in [5, 5.41) is -0.518. The molecule has 0 unspecified atom stereocenters. The molecule has 176 valence electrons. The zero-order valence-corrected chi connectivity index (χ0v) is 20.4. The summed E-state index contributed by atoms with van der Waals surface area (Å²) in [6, 6.07) is 0. The average molecular weight is 466 g/mol. The van der Waals surface area contributed by atoms with Crippen molar-refractivity contribution >= 4 is 39.7 Å². The van der Waals surface area contributed by atoms with E-state index in [2.05, 4.69) is 4.90 Å². The maximum absolute atomic E-state index is 12.2. The van der Waals surface area contributed by atoms with Gasteiger partial charge in [0.25, 0.3) is 0 Å². The van der Waals surface area contributed by atoms with Crippen molar-refractivity contribution in [1.29, 1.82) is 0 Å². The van der Waals surface area contributed by atoms with Crippen molar-refractivity contribution in [2.45, 2.75) is 109 Å². The fraction of sp³-hybridized carbons (Fsp3) is 0.870. The Morgan fingerprint density at radius 3 is 1.53 bits per heavy atom. The highest BCUT2D eigenvalue weighted by atomic mass is 35.5. The molecule has 0 fully saturated rings. The van der Waals surface area contributed by atoms with Crippen molar-refractivity contribution in [3.63, 3.8) is 0 Å². The number of nitrogens with zero attached hydrogens (tertiary/aromatic N) is 1. The number of carbonyl (C=O) groups excluding carboxylic acids is 3. The Bertz CT molecular complexity index is 444. The predicted octanol–water partition coefficient (Wildman–Crippen LogP) is 6.23. The molecule has 0 saturated heterocycles. The van der Waals surface area contributed by atoms with E-state index in [0.717, 1.165) is 90.0 Å². The zero-order chi connectivity index (χ0) is 22.6. The highest BCUT2D eigenvalue weighted by Gasteiger charge is 2.14. The molecule has 0 bridgehead atoms. The van der Waals surface area contributed by atoms with Gasteiger partial charge in [-0.1, -0.05) is 38.5 Å². The molecule has 0 aromatic heterocycles. The van der Waals surface area contributed by atoms with Crippen LogP contribution in [0.25, 0.3) is 0 Å². The number of rotatable bonds is 21. The molecule has 0 aromatic carbocycles. The Balaban J connectivity index is 4.10. The average Bonchev–Trinajstić information content (AvgIpc) is 2.65. The molecule has 0 aliphatic carbocycles. The first kappa shape index (κ1) is 29.4. The standard InChI is InChI=1S/C23H41Cl2NO4/c1-26(2)19-13-18-23(29)30-20(14-9-5-3-7-11-16-21(24)27)15-10-6-4-8-12-17-22(25)28/h20H,3-19H2,1-2H3. The molecular weight excluding hydrogens is 425 g/mol. The molecule has 0 spiro atoms. The highest BCUT2D eigenvalue weighted by Crippen LogP contribution is 2.18. The van der Waals surface area contributed by atoms with Gasteiger partial charge < -0.3 is 9.64 Å². The number of hydrogen-bond donors (Lipinski definition) is 0. The first-order valence-electron chi connectivity index (χ1n) is 11.5. The van der Waals surface area contributed by atoms with E-state index in [9.17, 15) is 14.4 Å². The minimum atomic E-state index is -0.259. The van der Waals surface area contributed by atoms with Crippen LogP contribution in [0.4, 0.5) is 0 Å². The molecule has 0 aromatic rings. The lowest BCUT2D eigenvalue weighted by molar-refractivity contribution is -0.150. The minimum absolute atomic E-state index is 0.00862. The molecular formula is C23H41Cl2NO4. The Morgan fingerprint density at radius 1 is 0.667 bits per heavy atom. The van der Waals surface area contributed by atoms with Crippen molar-refractivity contribution in [3.8, 4) is 0 Å². The fourth-order valence-corrected chi connectivity index (χ4v) is 3.65. The third-order valence-electron chi connectivity index (χ3n) is 5.08. The Hall–Kier alpha value is -0.650. The molecule has 30 heavy (non-hydrogen) atoms. The molecule has 5 nitrogen and oxygen atoms in total. The minimum Gasteiger partial charge on any atom is -0.462 e. The van der Waals surface area contributed by atoms with Gasteiger partial charge in [-0.2, -0.15) is 0 Å². The molecule has 0 amide bonds. The van der Waals surface area contributed by atoms with E-state index in [0.29, 0.717) is 19.3 Å². The van der Waals surface area contributed by atoms with Crippen molar-refractivity contribution in [2.24, 2.45) is 0 Å². The maximum Gasteiger partial charge on any atom is 0.306 e. The van der Waals surface area contributed by atoms with Crippen LogP contribution in [0.5, 0.6) is 0 Å². The summed E-state index contributed by atoms with van der Waals surface area (Å²) in [4.78, 5) is 35.7. The van der Waals surface area contributed by atoms with Crippen molar-refractivity contribution in [1.82, 2.24) is 4.90 Å². The Kier molecular flexibility index (Phi) is 19.8. The first-order chi connectivity index (χ1) is 14.3. The van der Waals surface area contributed by atoms with Crippen LogP contribution in [0, 0.1) is 0 Å². The van der Waals surface area contributed by atoms with E-state index in [1.54, 1.807) is 0 Å². The molecule has 0 radical (unpaired) electrons. The Morgan fingerprint density at radius 2 is 1.10 bits per heavy atom. The van der Waals surface area contributed by atoms with Crippen molar-refractivity contribution in [3.05, 3.63) is 0 Å². The second-order valence-electron chi connectivity index (χ2n) is 8.34. The second kappa shape index (κ2) is 20.3. The normalized spacial score (nSPS) is 11.3. The number of ether oxygens (including phenoxy) is 1. The van der Waals surface area contributed by atoms with Crippen molar-refractivity contribution < 1.29 is 19.1 Å². The molecule has 0 aliphatic heterocycles. The van der Waals surface area contributed by atoms with E-state index in [-0.39, 0.29) is 22.6 Å². The number of hydrogen-bond acceptors (Lipinski definition) is 5. The lowest BCUT2D eigenvalue weighted by atomic mass is 10.0. The molecule has 0 N–H and O–H groups in total. The van der Waals surface area contributed by atoms with Gasteiger partial charge in [0.1, 0.15) is 6.10 Å². The van der Waals surface area contributed by atoms with Crippen LogP contribution in [-0.2, 0) is 19.1 Å². The summed E-state index contributed by atoms with van der Waals surface area (Å²) in [6.45, 7) is 0.884. The van der Waals surface area contributed by atoms with Crippen LogP contribution in [0.2, 0.25) is 0 Å². The number of carbonyl (C=O) groups is 3. The van der Waals surface area contributed by atoms with Crippen molar-refractivity contribution in [2.75, 3.05) is 20.6 Å². The molecule has 0 aliphatic rings. The predicted molar refractivity (Wildman–Crippen MR) is 124 cm³/mol. The monoisotopic (exact) mass is 465 g/mol. The fourth-order valence-electron chi connectivity index (χ4n) is 3.38. The molecule has 0 atom stereocenters. The smallest absolute Gasteiger partial charge is 0.306 e. The molecule has 0 saturated carbocycles. The van der Waals surface area contributed by atoms with E-state index < -0.39 is 0 Å². The van der Waals surface area contributed by atoms with E-state index in [1.807, 2.05) is 14.1 Å². The van der Waals surface area contributed by atoms with E-state index in [1.165, 1.54) is 0 Å². The van der Waals surface area contributed by atoms with Crippen LogP contribution in [0.1, 0.15) is 103 Å². The third kappa shape index (κ3) is 22.0. The quantitative estimate of drug-likeness (QED) is 0.114. The van der Waals surface area contributed by atoms with Gasteiger partial charge >= 0.3 is 5.97 Å². The van der Waals surface area contributed by atoms with Crippen LogP contribution in [0.15, 0.2) is 0 Å². The van der Waals surface area contributed by atoms with Gasteiger partial charge in [-0.3, -0.25) is 14.4 Å². The van der Waals surface area contributed by atoms with Gasteiger partial charge in [-0.25, -0.2) is 0 Å². The van der Waals surface area contributed by atoms with Crippen LogP contribution >= 0.6 is 23.2 Å². The summed E-state index contributed by atoms with van der Waals surface area (Å²) >= 11 is 10.7. The summed E-state index contributed by atoms with van der Waals surface area (Å²) in [7, 11) is 4.00. The second-order valence-corrected chi connectivity index (χ2v) is 9.18. The SMILES string of the molecule is CN(C)CCCC(=O)OC(CCCCCCCC(=O)Cl)CCCCCCCC(=O)Cl. The van der Waals surface area contributed by atoms with Gasteiger partial charge in [0.2, 0.25) is 10.5 Å². The number of unbranched alkanes of at least 4 members (excludes halogenated alkanes) is 8. The highest BCUT2D eigenvalue weighted by molar-refractivity contribution is 6.63. The van der Waals surface area contributed by atoms with Gasteiger partial charge in [0.15, 0.2) is 0 Å². The lowest BCUT2D eigenvalue weighted by Gasteiger charge is -2.18. The summed E-state index contributed by atoms with van der Waals surface area (Å²) in [5.41, 5.74) is 0. The first-order valence-corrected chi connectivity index (χ1v) is 12.3. The maximum atomic E-state index is 12.2. The third-order valence-corrected chi connectivity index (χ3v) is 5.46. The number of halogens is 2. The number of esters is 1. The largest absolute Gasteiger partial charge is 0.462 e. The Labute approximate surface area is 193 Å². The lowest BCUT2D eigenvalue weighted by Crippen LogP contribution is -2.20.